The summed E-state index contributed by atoms with van der Waals surface area (Å²) >= 11 is 0. The molecule has 0 heterocycles. The predicted octanol–water partition coefficient (Wildman–Crippen LogP) is -0.986. The van der Waals surface area contributed by atoms with Crippen LogP contribution in [0.15, 0.2) is 0 Å². The first-order valence-corrected chi connectivity index (χ1v) is 3.52. The second kappa shape index (κ2) is 2.79. The molecule has 0 amide bonds. The largest absolute Gasteiger partial charge is 0.384 e. The van der Waals surface area contributed by atoms with E-state index in [0.29, 0.717) is 0 Å². The van der Waals surface area contributed by atoms with E-state index in [0.717, 1.165) is 14.0 Å². The summed E-state index contributed by atoms with van der Waals surface area (Å²) in [4.78, 5) is 9.98. The second-order valence-corrected chi connectivity index (χ2v) is 2.72. The zero-order chi connectivity index (χ0) is 7.49. The first-order chi connectivity index (χ1) is 3.98. The van der Waals surface area contributed by atoms with Crippen molar-refractivity contribution in [2.24, 2.45) is 0 Å². The van der Waals surface area contributed by atoms with E-state index in [9.17, 15) is 13.2 Å². The molecule has 1 N–H and O–H groups in total. The van der Waals surface area contributed by atoms with Crippen LogP contribution in [-0.2, 0) is 19.3 Å². The lowest BCUT2D eigenvalue weighted by Gasteiger charge is -1.97. The van der Waals surface area contributed by atoms with Crippen LogP contribution in [0.3, 0.4) is 0 Å². The third-order valence-electron chi connectivity index (χ3n) is 0.477. The van der Waals surface area contributed by atoms with E-state index in [1.165, 1.54) is 0 Å². The van der Waals surface area contributed by atoms with Gasteiger partial charge in [0.2, 0.25) is 0 Å². The Labute approximate surface area is 53.3 Å². The zero-order valence-electron chi connectivity index (χ0n) is 5.04. The first-order valence-electron chi connectivity index (χ1n) is 2.11. The van der Waals surface area contributed by atoms with E-state index in [2.05, 4.69) is 4.18 Å². The number of hydrogen-bond acceptors (Lipinski definition) is 4. The Bertz CT molecular complexity index is 194. The summed E-state index contributed by atoms with van der Waals surface area (Å²) in [6.07, 6.45) is 0. The topological polar surface area (TPSA) is 72.5 Å². The van der Waals surface area contributed by atoms with Crippen molar-refractivity contribution in [2.45, 2.75) is 6.92 Å². The minimum Gasteiger partial charge on any atom is -0.335 e. The van der Waals surface area contributed by atoms with Crippen LogP contribution >= 0.6 is 0 Å². The monoisotopic (exact) mass is 153 g/mol. The van der Waals surface area contributed by atoms with Crippen LogP contribution < -0.4 is 4.72 Å². The molecule has 0 bridgehead atoms. The number of nitrogens with one attached hydrogen (secondary N) is 1. The van der Waals surface area contributed by atoms with Crippen LogP contribution in [0.5, 0.6) is 0 Å². The maximum atomic E-state index is 10.3. The van der Waals surface area contributed by atoms with Crippen molar-refractivity contribution in [1.82, 2.24) is 4.72 Å². The van der Waals surface area contributed by atoms with Gasteiger partial charge < -0.3 is 4.18 Å². The molecule has 0 fully saturated rings. The van der Waals surface area contributed by atoms with E-state index in [1.54, 1.807) is 4.72 Å². The summed E-state index contributed by atoms with van der Waals surface area (Å²) in [6, 6.07) is 0. The van der Waals surface area contributed by atoms with Crippen molar-refractivity contribution in [3.05, 3.63) is 0 Å². The van der Waals surface area contributed by atoms with Gasteiger partial charge in [-0.05, 0) is 0 Å². The van der Waals surface area contributed by atoms with Gasteiger partial charge in [0.15, 0.2) is 0 Å². The van der Waals surface area contributed by atoms with Gasteiger partial charge >= 0.3 is 16.3 Å². The molecule has 0 aromatic rings. The van der Waals surface area contributed by atoms with Crippen molar-refractivity contribution in [2.75, 3.05) is 7.05 Å². The average Bonchev–Trinajstić information content (AvgIpc) is 1.63. The number of hydrogen-bond donors (Lipinski definition) is 1. The fraction of sp³-hybridized carbons (Fsp3) is 0.667. The molecule has 0 rings (SSSR count). The van der Waals surface area contributed by atoms with Crippen molar-refractivity contribution >= 4 is 16.3 Å². The van der Waals surface area contributed by atoms with Gasteiger partial charge in [0.1, 0.15) is 0 Å². The molecule has 0 saturated heterocycles. The molecular formula is C3H7NO4S. The van der Waals surface area contributed by atoms with Gasteiger partial charge in [0.25, 0.3) is 0 Å². The summed E-state index contributed by atoms with van der Waals surface area (Å²) in [6.45, 7) is 1.01. The summed E-state index contributed by atoms with van der Waals surface area (Å²) in [5.41, 5.74) is 0. The van der Waals surface area contributed by atoms with E-state index in [1.807, 2.05) is 0 Å². The molecule has 0 aliphatic rings. The molecule has 0 aliphatic carbocycles. The number of rotatable bonds is 2. The molecule has 0 spiro atoms. The Kier molecular flexibility index (Phi) is 2.60. The van der Waals surface area contributed by atoms with Crippen molar-refractivity contribution in [3.8, 4) is 0 Å². The van der Waals surface area contributed by atoms with Crippen LogP contribution in [0.25, 0.3) is 0 Å². The van der Waals surface area contributed by atoms with Crippen LogP contribution in [0.1, 0.15) is 6.92 Å². The highest BCUT2D eigenvalue weighted by Gasteiger charge is 2.08. The summed E-state index contributed by atoms with van der Waals surface area (Å²) in [5.74, 6) is -0.857. The third kappa shape index (κ3) is 3.92. The molecule has 0 unspecified atom stereocenters. The van der Waals surface area contributed by atoms with E-state index in [4.69, 9.17) is 0 Å². The number of carbonyl (C=O) groups is 1. The van der Waals surface area contributed by atoms with Gasteiger partial charge in [0, 0.05) is 14.0 Å². The molecule has 54 valence electrons. The van der Waals surface area contributed by atoms with Crippen LogP contribution in [0.4, 0.5) is 0 Å². The van der Waals surface area contributed by atoms with Crippen molar-refractivity contribution in [3.63, 3.8) is 0 Å². The Morgan fingerprint density at radius 3 is 2.11 bits per heavy atom. The zero-order valence-corrected chi connectivity index (χ0v) is 5.86. The minimum absolute atomic E-state index is 0.857. The molecule has 0 saturated carbocycles. The van der Waals surface area contributed by atoms with Crippen molar-refractivity contribution < 1.29 is 17.4 Å². The molecule has 0 radical (unpaired) electrons. The SMILES string of the molecule is CNS(=O)(=O)OC(C)=O. The molecule has 0 aromatic heterocycles. The lowest BCUT2D eigenvalue weighted by molar-refractivity contribution is -0.131. The molecular weight excluding hydrogens is 146 g/mol. The van der Waals surface area contributed by atoms with Crippen LogP contribution in [0.2, 0.25) is 0 Å². The summed E-state index contributed by atoms with van der Waals surface area (Å²) < 4.78 is 26.1. The van der Waals surface area contributed by atoms with Gasteiger partial charge in [0.05, 0.1) is 0 Å². The molecule has 5 nitrogen and oxygen atoms in total. The fourth-order valence-corrected chi connectivity index (χ4v) is 0.588. The second-order valence-electron chi connectivity index (χ2n) is 1.23. The van der Waals surface area contributed by atoms with Gasteiger partial charge in [-0.2, -0.15) is 13.1 Å². The lowest BCUT2D eigenvalue weighted by Crippen LogP contribution is -2.23. The molecule has 9 heavy (non-hydrogen) atoms. The van der Waals surface area contributed by atoms with Crippen LogP contribution in [0, 0.1) is 0 Å². The molecule has 0 aromatic carbocycles. The minimum atomic E-state index is -3.82. The predicted molar refractivity (Wildman–Crippen MR) is 29.7 cm³/mol. The van der Waals surface area contributed by atoms with Crippen molar-refractivity contribution in [1.29, 1.82) is 0 Å². The van der Waals surface area contributed by atoms with Gasteiger partial charge in [-0.3, -0.25) is 4.79 Å². The maximum Gasteiger partial charge on any atom is 0.384 e. The Morgan fingerprint density at radius 2 is 2.00 bits per heavy atom. The summed E-state index contributed by atoms with van der Waals surface area (Å²) in [5, 5.41) is 0. The highest BCUT2D eigenvalue weighted by Crippen LogP contribution is 1.84. The van der Waals surface area contributed by atoms with E-state index >= 15 is 0 Å². The van der Waals surface area contributed by atoms with Crippen LogP contribution in [-0.4, -0.2) is 21.4 Å². The smallest absolute Gasteiger partial charge is 0.335 e. The highest BCUT2D eigenvalue weighted by atomic mass is 32.2. The Morgan fingerprint density at radius 1 is 1.56 bits per heavy atom. The fourth-order valence-electron chi connectivity index (χ4n) is 0.196. The molecule has 6 heteroatoms. The maximum absolute atomic E-state index is 10.3. The Balaban J connectivity index is 4.06. The number of carbonyl (C=O) groups excluding carboxylic acids is 1. The van der Waals surface area contributed by atoms with Gasteiger partial charge in [-0.25, -0.2) is 0 Å². The van der Waals surface area contributed by atoms with E-state index in [-0.39, 0.29) is 0 Å². The van der Waals surface area contributed by atoms with Gasteiger partial charge in [-0.1, -0.05) is 0 Å². The quantitative estimate of drug-likeness (QED) is 0.553. The third-order valence-corrected chi connectivity index (χ3v) is 1.43. The Hall–Kier alpha value is -0.620. The highest BCUT2D eigenvalue weighted by molar-refractivity contribution is 7.85. The summed E-state index contributed by atoms with van der Waals surface area (Å²) in [7, 11) is -2.67. The first kappa shape index (κ1) is 8.38. The average molecular weight is 153 g/mol. The van der Waals surface area contributed by atoms with E-state index < -0.39 is 16.3 Å². The standard InChI is InChI=1S/C3H7NO4S/c1-3(5)8-9(6,7)4-2/h4H,1-2H3. The normalized spacial score (nSPS) is 10.9. The molecule has 0 atom stereocenters. The molecule has 0 aliphatic heterocycles. The van der Waals surface area contributed by atoms with Gasteiger partial charge in [-0.15, -0.1) is 0 Å². The lowest BCUT2D eigenvalue weighted by atomic mass is 10.9.